The number of aryl methyl sites for hydroxylation is 1. The molecule has 1 unspecified atom stereocenters. The number of aliphatic hydroxyl groups excluding tert-OH is 1. The molecule has 2 aliphatic heterocycles. The fraction of sp³-hybridized carbons (Fsp3) is 0.500. The summed E-state index contributed by atoms with van der Waals surface area (Å²) < 4.78 is 0. The van der Waals surface area contributed by atoms with Gasteiger partial charge in [-0.05, 0) is 32.3 Å². The number of hydrogen-bond acceptors (Lipinski definition) is 6. The molecule has 1 amide bonds. The Morgan fingerprint density at radius 1 is 1.29 bits per heavy atom. The zero-order valence-corrected chi connectivity index (χ0v) is 12.0. The van der Waals surface area contributed by atoms with Crippen LogP contribution in [0.5, 0.6) is 0 Å². The van der Waals surface area contributed by atoms with Gasteiger partial charge in [0.15, 0.2) is 0 Å². The summed E-state index contributed by atoms with van der Waals surface area (Å²) in [4.78, 5) is 14.2. The van der Waals surface area contributed by atoms with Crippen LogP contribution >= 0.6 is 0 Å². The van der Waals surface area contributed by atoms with Crippen molar-refractivity contribution >= 4 is 17.2 Å². The van der Waals surface area contributed by atoms with Crippen molar-refractivity contribution in [1.82, 2.24) is 20.8 Å². The number of nitrogens with one attached hydrogen (secondary N) is 2. The van der Waals surface area contributed by atoms with Crippen LogP contribution in [0.1, 0.15) is 30.7 Å². The molecule has 1 aromatic rings. The van der Waals surface area contributed by atoms with E-state index in [2.05, 4.69) is 25.7 Å². The highest BCUT2D eigenvalue weighted by Gasteiger charge is 2.23. The number of carbonyl (C=O) groups excluding carboxylic acids is 1. The summed E-state index contributed by atoms with van der Waals surface area (Å²) >= 11 is 0. The number of piperidine rings is 1. The molecule has 7 heteroatoms. The molecular formula is C14H19N5O2. The summed E-state index contributed by atoms with van der Waals surface area (Å²) in [5.74, 6) is -0.357. The molecule has 0 radical (unpaired) electrons. The Morgan fingerprint density at radius 3 is 2.76 bits per heavy atom. The van der Waals surface area contributed by atoms with Gasteiger partial charge in [0.05, 0.1) is 17.0 Å². The maximum absolute atomic E-state index is 11.9. The van der Waals surface area contributed by atoms with Crippen LogP contribution in [0.3, 0.4) is 0 Å². The Labute approximate surface area is 123 Å². The van der Waals surface area contributed by atoms with Crippen LogP contribution in [0.4, 0.5) is 5.69 Å². The Morgan fingerprint density at radius 2 is 2.05 bits per heavy atom. The average Bonchev–Trinajstić information content (AvgIpc) is 2.49. The smallest absolute Gasteiger partial charge is 0.258 e. The van der Waals surface area contributed by atoms with Crippen LogP contribution in [0.15, 0.2) is 12.3 Å². The van der Waals surface area contributed by atoms with Crippen LogP contribution in [0.2, 0.25) is 0 Å². The molecule has 0 bridgehead atoms. The highest BCUT2D eigenvalue weighted by atomic mass is 16.3. The number of carbonyl (C=O) groups is 1. The third-order valence-electron chi connectivity index (χ3n) is 3.82. The first-order valence-corrected chi connectivity index (χ1v) is 7.20. The van der Waals surface area contributed by atoms with Gasteiger partial charge in [-0.15, -0.1) is 5.10 Å². The first-order valence-electron chi connectivity index (χ1n) is 7.20. The van der Waals surface area contributed by atoms with Crippen LogP contribution in [-0.2, 0) is 4.79 Å². The molecule has 3 rings (SSSR count). The number of rotatable bonds is 2. The monoisotopic (exact) mass is 289 g/mol. The fourth-order valence-corrected chi connectivity index (χ4v) is 2.69. The van der Waals surface area contributed by atoms with E-state index in [1.54, 1.807) is 0 Å². The van der Waals surface area contributed by atoms with Gasteiger partial charge < -0.3 is 20.6 Å². The van der Waals surface area contributed by atoms with E-state index in [-0.39, 0.29) is 5.91 Å². The van der Waals surface area contributed by atoms with Crippen molar-refractivity contribution < 1.29 is 9.90 Å². The topological polar surface area (TPSA) is 90.4 Å². The van der Waals surface area contributed by atoms with Crippen LogP contribution in [0.25, 0.3) is 5.57 Å². The summed E-state index contributed by atoms with van der Waals surface area (Å²) in [6.07, 6.45) is 4.03. The number of hydrogen-bond donors (Lipinski definition) is 3. The third kappa shape index (κ3) is 2.82. The minimum atomic E-state index is -1.05. The Kier molecular flexibility index (Phi) is 3.74. The van der Waals surface area contributed by atoms with E-state index >= 15 is 0 Å². The van der Waals surface area contributed by atoms with Crippen molar-refractivity contribution in [2.45, 2.75) is 32.5 Å². The minimum Gasteiger partial charge on any atom is -0.370 e. The van der Waals surface area contributed by atoms with E-state index in [1.807, 2.05) is 13.0 Å². The van der Waals surface area contributed by atoms with Crippen molar-refractivity contribution in [3.63, 3.8) is 0 Å². The first kappa shape index (κ1) is 13.8. The third-order valence-corrected chi connectivity index (χ3v) is 3.82. The maximum atomic E-state index is 11.9. The first-order chi connectivity index (χ1) is 10.1. The van der Waals surface area contributed by atoms with Gasteiger partial charge in [-0.2, -0.15) is 5.10 Å². The van der Waals surface area contributed by atoms with Gasteiger partial charge in [0.1, 0.15) is 5.69 Å². The van der Waals surface area contributed by atoms with E-state index in [1.165, 1.54) is 25.5 Å². The quantitative estimate of drug-likeness (QED) is 0.716. The molecule has 1 atom stereocenters. The molecule has 3 N–H and O–H groups in total. The van der Waals surface area contributed by atoms with Crippen molar-refractivity contribution in [3.05, 3.63) is 23.7 Å². The van der Waals surface area contributed by atoms with Crippen molar-refractivity contribution in [2.24, 2.45) is 0 Å². The number of nitrogens with zero attached hydrogens (tertiary/aromatic N) is 3. The minimum absolute atomic E-state index is 0.357. The molecule has 1 saturated heterocycles. The lowest BCUT2D eigenvalue weighted by Crippen LogP contribution is -2.47. The molecule has 21 heavy (non-hydrogen) atoms. The molecule has 112 valence electrons. The molecule has 2 aliphatic rings. The van der Waals surface area contributed by atoms with Crippen LogP contribution < -0.4 is 15.5 Å². The second-order valence-corrected chi connectivity index (χ2v) is 5.35. The zero-order chi connectivity index (χ0) is 14.8. The van der Waals surface area contributed by atoms with Crippen molar-refractivity contribution in [2.75, 3.05) is 18.0 Å². The maximum Gasteiger partial charge on any atom is 0.258 e. The molecule has 1 aromatic heterocycles. The molecule has 3 heterocycles. The molecule has 0 aromatic carbocycles. The Balaban J connectivity index is 1.92. The molecule has 7 nitrogen and oxygen atoms in total. The molecule has 1 fully saturated rings. The lowest BCUT2D eigenvalue weighted by Gasteiger charge is -2.30. The van der Waals surface area contributed by atoms with Gasteiger partial charge in [0.25, 0.3) is 5.91 Å². The number of amides is 1. The molecule has 0 saturated carbocycles. The van der Waals surface area contributed by atoms with E-state index in [4.69, 9.17) is 0 Å². The second-order valence-electron chi connectivity index (χ2n) is 5.35. The fourth-order valence-electron chi connectivity index (χ4n) is 2.69. The van der Waals surface area contributed by atoms with Gasteiger partial charge in [0.2, 0.25) is 6.35 Å². The highest BCUT2D eigenvalue weighted by molar-refractivity contribution is 6.19. The Hall–Kier alpha value is -2.15. The summed E-state index contributed by atoms with van der Waals surface area (Å²) in [5.41, 5.74) is 2.79. The van der Waals surface area contributed by atoms with Gasteiger partial charge in [0, 0.05) is 19.3 Å². The van der Waals surface area contributed by atoms with Gasteiger partial charge in [-0.1, -0.05) is 0 Å². The van der Waals surface area contributed by atoms with Crippen molar-refractivity contribution in [3.8, 4) is 0 Å². The number of aliphatic hydroxyl groups is 1. The summed E-state index contributed by atoms with van der Waals surface area (Å²) in [6, 6.07) is 1.90. The molecule has 0 aliphatic carbocycles. The Bertz CT molecular complexity index is 581. The van der Waals surface area contributed by atoms with Crippen LogP contribution in [0, 0.1) is 6.92 Å². The van der Waals surface area contributed by atoms with Crippen LogP contribution in [-0.4, -0.2) is 40.7 Å². The number of anilines is 1. The second kappa shape index (κ2) is 5.69. The van der Waals surface area contributed by atoms with Gasteiger partial charge >= 0.3 is 0 Å². The van der Waals surface area contributed by atoms with Gasteiger partial charge in [-0.3, -0.25) is 4.79 Å². The standard InChI is InChI=1S/C14H19N5O2/c1-9-12(19-5-3-2-4-6-19)7-11(18-17-9)10-8-15-14(21)16-13(10)20/h7-8,14-15,21H,2-6H2,1H3,(H,16,20). The molecule has 0 spiro atoms. The van der Waals surface area contributed by atoms with E-state index in [0.29, 0.717) is 11.3 Å². The predicted octanol–water partition coefficient (Wildman–Crippen LogP) is 0.112. The zero-order valence-electron chi connectivity index (χ0n) is 12.0. The predicted molar refractivity (Wildman–Crippen MR) is 78.1 cm³/mol. The van der Waals surface area contributed by atoms with E-state index < -0.39 is 6.35 Å². The van der Waals surface area contributed by atoms with E-state index in [0.717, 1.165) is 24.5 Å². The number of aromatic nitrogens is 2. The van der Waals surface area contributed by atoms with E-state index in [9.17, 15) is 9.90 Å². The summed E-state index contributed by atoms with van der Waals surface area (Å²) in [5, 5.41) is 22.7. The van der Waals surface area contributed by atoms with Gasteiger partial charge in [-0.25, -0.2) is 0 Å². The average molecular weight is 289 g/mol. The SMILES string of the molecule is Cc1nnc(C2=CNC(O)NC2=O)cc1N1CCCCC1. The van der Waals surface area contributed by atoms with Crippen molar-refractivity contribution in [1.29, 1.82) is 0 Å². The largest absolute Gasteiger partial charge is 0.370 e. The lowest BCUT2D eigenvalue weighted by atomic mass is 10.1. The summed E-state index contributed by atoms with van der Waals surface area (Å²) in [7, 11) is 0. The molecular weight excluding hydrogens is 270 g/mol. The summed E-state index contributed by atoms with van der Waals surface area (Å²) in [6.45, 7) is 3.94. The lowest BCUT2D eigenvalue weighted by molar-refractivity contribution is -0.119. The highest BCUT2D eigenvalue weighted by Crippen LogP contribution is 2.25. The normalized spacial score (nSPS) is 22.4.